The minimum absolute atomic E-state index is 0.0765. The quantitative estimate of drug-likeness (QED) is 0.744. The van der Waals surface area contributed by atoms with E-state index in [0.29, 0.717) is 30.6 Å². The second kappa shape index (κ2) is 8.06. The summed E-state index contributed by atoms with van der Waals surface area (Å²) in [4.78, 5) is 20.4. The monoisotopic (exact) mass is 346 g/mol. The van der Waals surface area contributed by atoms with Gasteiger partial charge in [0.25, 0.3) is 0 Å². The Morgan fingerprint density at radius 1 is 1.21 bits per heavy atom. The van der Waals surface area contributed by atoms with Crippen molar-refractivity contribution in [2.45, 2.75) is 19.8 Å². The standard InChI is InChI=1S/C17H23N4O2P/c1-13-9-10-18-17(19-13)21-15-7-4-6-14(12-15)20-16(22)8-5-11-24(2,3)23/h4,6-7,9-10,12H,5,8,11H2,1-3H3,(H,20,22)(H,18,19,21). The predicted octanol–water partition coefficient (Wildman–Crippen LogP) is 3.87. The van der Waals surface area contributed by atoms with Crippen LogP contribution in [-0.2, 0) is 9.36 Å². The zero-order valence-electron chi connectivity index (χ0n) is 14.2. The summed E-state index contributed by atoms with van der Waals surface area (Å²) in [5, 5.41) is 5.97. The molecule has 0 bridgehead atoms. The summed E-state index contributed by atoms with van der Waals surface area (Å²) in [6.45, 7) is 5.38. The summed E-state index contributed by atoms with van der Waals surface area (Å²) in [5.41, 5.74) is 2.37. The molecule has 128 valence electrons. The SMILES string of the molecule is Cc1ccnc(Nc2cccc(NC(=O)CCCP(C)(C)=O)c2)n1. The lowest BCUT2D eigenvalue weighted by atomic mass is 10.2. The van der Waals surface area contributed by atoms with Gasteiger partial charge in [0.2, 0.25) is 11.9 Å². The molecule has 1 aromatic carbocycles. The zero-order valence-corrected chi connectivity index (χ0v) is 15.1. The molecule has 0 spiro atoms. The highest BCUT2D eigenvalue weighted by atomic mass is 31.2. The fraction of sp³-hybridized carbons (Fsp3) is 0.353. The van der Waals surface area contributed by atoms with Gasteiger partial charge in [0.1, 0.15) is 0 Å². The first-order valence-corrected chi connectivity index (χ1v) is 10.6. The molecule has 0 aliphatic heterocycles. The van der Waals surface area contributed by atoms with Crippen molar-refractivity contribution < 1.29 is 9.36 Å². The smallest absolute Gasteiger partial charge is 0.227 e. The lowest BCUT2D eigenvalue weighted by Crippen LogP contribution is -2.12. The molecule has 6 nitrogen and oxygen atoms in total. The number of hydrogen-bond acceptors (Lipinski definition) is 5. The Kier molecular flexibility index (Phi) is 6.10. The number of aryl methyl sites for hydroxylation is 1. The molecule has 1 heterocycles. The van der Waals surface area contributed by atoms with Gasteiger partial charge >= 0.3 is 0 Å². The third-order valence-corrected chi connectivity index (χ3v) is 4.69. The van der Waals surface area contributed by atoms with E-state index in [-0.39, 0.29) is 5.91 Å². The van der Waals surface area contributed by atoms with E-state index in [9.17, 15) is 9.36 Å². The Hall–Kier alpha value is -2.20. The van der Waals surface area contributed by atoms with E-state index >= 15 is 0 Å². The number of anilines is 3. The largest absolute Gasteiger partial charge is 0.326 e. The lowest BCUT2D eigenvalue weighted by Gasteiger charge is -2.09. The van der Waals surface area contributed by atoms with E-state index < -0.39 is 7.14 Å². The molecular weight excluding hydrogens is 323 g/mol. The van der Waals surface area contributed by atoms with Gasteiger partial charge in [0, 0.05) is 35.8 Å². The van der Waals surface area contributed by atoms with E-state index in [4.69, 9.17) is 0 Å². The number of nitrogens with one attached hydrogen (secondary N) is 2. The van der Waals surface area contributed by atoms with Crippen molar-refractivity contribution in [1.82, 2.24) is 9.97 Å². The number of carbonyl (C=O) groups is 1. The molecule has 2 N–H and O–H groups in total. The third-order valence-electron chi connectivity index (χ3n) is 3.30. The van der Waals surface area contributed by atoms with Crippen LogP contribution in [0, 0.1) is 6.92 Å². The van der Waals surface area contributed by atoms with Crippen LogP contribution in [-0.4, -0.2) is 35.4 Å². The van der Waals surface area contributed by atoms with Crippen molar-refractivity contribution in [1.29, 1.82) is 0 Å². The maximum absolute atomic E-state index is 12.0. The van der Waals surface area contributed by atoms with Crippen molar-refractivity contribution in [3.8, 4) is 0 Å². The van der Waals surface area contributed by atoms with Gasteiger partial charge in [0.15, 0.2) is 0 Å². The average Bonchev–Trinajstić information content (AvgIpc) is 2.46. The van der Waals surface area contributed by atoms with Crippen LogP contribution in [0.1, 0.15) is 18.5 Å². The molecule has 0 atom stereocenters. The first-order valence-electron chi connectivity index (χ1n) is 7.82. The lowest BCUT2D eigenvalue weighted by molar-refractivity contribution is -0.116. The molecule has 1 aromatic heterocycles. The first kappa shape index (κ1) is 18.1. The van der Waals surface area contributed by atoms with Gasteiger partial charge in [-0.3, -0.25) is 4.79 Å². The number of benzene rings is 1. The van der Waals surface area contributed by atoms with Crippen LogP contribution in [0.4, 0.5) is 17.3 Å². The number of hydrogen-bond donors (Lipinski definition) is 2. The minimum Gasteiger partial charge on any atom is -0.326 e. The van der Waals surface area contributed by atoms with Crippen LogP contribution in [0.2, 0.25) is 0 Å². The van der Waals surface area contributed by atoms with Crippen LogP contribution in [0.3, 0.4) is 0 Å². The summed E-state index contributed by atoms with van der Waals surface area (Å²) >= 11 is 0. The summed E-state index contributed by atoms with van der Waals surface area (Å²) in [6, 6.07) is 9.21. The molecule has 2 rings (SSSR count). The van der Waals surface area contributed by atoms with Crippen molar-refractivity contribution in [2.24, 2.45) is 0 Å². The molecule has 2 aromatic rings. The van der Waals surface area contributed by atoms with Crippen LogP contribution in [0.15, 0.2) is 36.5 Å². The molecule has 0 aliphatic rings. The minimum atomic E-state index is -2.06. The normalized spacial score (nSPS) is 11.1. The molecule has 0 saturated carbocycles. The van der Waals surface area contributed by atoms with Crippen LogP contribution in [0.25, 0.3) is 0 Å². The number of nitrogens with zero attached hydrogens (tertiary/aromatic N) is 2. The van der Waals surface area contributed by atoms with E-state index in [2.05, 4.69) is 20.6 Å². The maximum Gasteiger partial charge on any atom is 0.227 e. The van der Waals surface area contributed by atoms with E-state index in [0.717, 1.165) is 11.4 Å². The van der Waals surface area contributed by atoms with Gasteiger partial charge in [-0.15, -0.1) is 0 Å². The van der Waals surface area contributed by atoms with Crippen molar-refractivity contribution in [3.05, 3.63) is 42.2 Å². The fourth-order valence-corrected chi connectivity index (χ4v) is 3.08. The average molecular weight is 346 g/mol. The summed E-state index contributed by atoms with van der Waals surface area (Å²) < 4.78 is 11.6. The molecule has 0 aliphatic carbocycles. The molecule has 0 saturated heterocycles. The molecule has 0 radical (unpaired) electrons. The number of carbonyl (C=O) groups excluding carboxylic acids is 1. The molecule has 0 fully saturated rings. The highest BCUT2D eigenvalue weighted by molar-refractivity contribution is 7.62. The van der Waals surface area contributed by atoms with Gasteiger partial charge in [-0.2, -0.15) is 0 Å². The molecular formula is C17H23N4O2P. The highest BCUT2D eigenvalue weighted by Gasteiger charge is 2.09. The van der Waals surface area contributed by atoms with E-state index in [1.807, 2.05) is 37.3 Å². The third kappa shape index (κ3) is 6.50. The van der Waals surface area contributed by atoms with Gasteiger partial charge < -0.3 is 15.2 Å². The van der Waals surface area contributed by atoms with Gasteiger partial charge in [0.05, 0.1) is 7.14 Å². The summed E-state index contributed by atoms with van der Waals surface area (Å²) in [6.07, 6.45) is 3.28. The molecule has 24 heavy (non-hydrogen) atoms. The maximum atomic E-state index is 12.0. The number of rotatable bonds is 7. The summed E-state index contributed by atoms with van der Waals surface area (Å²) in [7, 11) is -2.06. The second-order valence-corrected chi connectivity index (χ2v) is 9.77. The van der Waals surface area contributed by atoms with Crippen molar-refractivity contribution in [2.75, 3.05) is 30.1 Å². The summed E-state index contributed by atoms with van der Waals surface area (Å²) in [5.74, 6) is 0.438. The Morgan fingerprint density at radius 3 is 2.67 bits per heavy atom. The van der Waals surface area contributed by atoms with Crippen LogP contribution < -0.4 is 10.6 Å². The molecule has 7 heteroatoms. The van der Waals surface area contributed by atoms with Gasteiger partial charge in [-0.1, -0.05) is 6.07 Å². The number of amides is 1. The van der Waals surface area contributed by atoms with Crippen LogP contribution >= 0.6 is 7.14 Å². The highest BCUT2D eigenvalue weighted by Crippen LogP contribution is 2.36. The number of aromatic nitrogens is 2. The van der Waals surface area contributed by atoms with E-state index in [1.165, 1.54) is 0 Å². The predicted molar refractivity (Wildman–Crippen MR) is 98.7 cm³/mol. The Labute approximate surface area is 142 Å². The molecule has 1 amide bonds. The zero-order chi connectivity index (χ0) is 17.6. The Morgan fingerprint density at radius 2 is 1.96 bits per heavy atom. The van der Waals surface area contributed by atoms with Crippen LogP contribution in [0.5, 0.6) is 0 Å². The van der Waals surface area contributed by atoms with Gasteiger partial charge in [-0.25, -0.2) is 9.97 Å². The van der Waals surface area contributed by atoms with E-state index in [1.54, 1.807) is 19.5 Å². The van der Waals surface area contributed by atoms with Crippen molar-refractivity contribution in [3.63, 3.8) is 0 Å². The molecule has 0 unspecified atom stereocenters. The topological polar surface area (TPSA) is 84.0 Å². The van der Waals surface area contributed by atoms with Crippen molar-refractivity contribution >= 4 is 30.4 Å². The van der Waals surface area contributed by atoms with Gasteiger partial charge in [-0.05, 0) is 50.9 Å². The fourth-order valence-electron chi connectivity index (χ4n) is 2.16. The first-order chi connectivity index (χ1) is 11.3. The Bertz CT molecular complexity index is 758. The second-order valence-electron chi connectivity index (χ2n) is 6.18. The Balaban J connectivity index is 1.92.